The molecule has 2 aromatic carbocycles. The molecule has 0 atom stereocenters. The lowest BCUT2D eigenvalue weighted by Crippen LogP contribution is -2.36. The van der Waals surface area contributed by atoms with Gasteiger partial charge in [-0.1, -0.05) is 33.6 Å². The molecule has 136 valence electrons. The van der Waals surface area contributed by atoms with E-state index in [2.05, 4.69) is 26.6 Å². The summed E-state index contributed by atoms with van der Waals surface area (Å²) in [6, 6.07) is 10.4. The Kier molecular flexibility index (Phi) is 6.00. The van der Waals surface area contributed by atoms with Crippen LogP contribution in [0, 0.1) is 0 Å². The van der Waals surface area contributed by atoms with Gasteiger partial charge >= 0.3 is 0 Å². The number of ether oxygens (including phenoxy) is 2. The van der Waals surface area contributed by atoms with E-state index in [1.165, 1.54) is 0 Å². The Balaban J connectivity index is 1.51. The largest absolute Gasteiger partial charge is 0.486 e. The van der Waals surface area contributed by atoms with E-state index >= 15 is 0 Å². The number of benzene rings is 2. The SMILES string of the molecule is O=C(CNC(=O)c1cccc(Br)c1)NCc1cc(Cl)c2c(c1)OCCO2. The van der Waals surface area contributed by atoms with Crippen LogP contribution in [0.5, 0.6) is 11.5 Å². The van der Waals surface area contributed by atoms with Crippen molar-refractivity contribution in [2.75, 3.05) is 19.8 Å². The zero-order chi connectivity index (χ0) is 18.5. The van der Waals surface area contributed by atoms with Gasteiger partial charge < -0.3 is 20.1 Å². The highest BCUT2D eigenvalue weighted by atomic mass is 79.9. The van der Waals surface area contributed by atoms with Crippen LogP contribution in [0.25, 0.3) is 0 Å². The predicted molar refractivity (Wildman–Crippen MR) is 101 cm³/mol. The van der Waals surface area contributed by atoms with Crippen LogP contribution >= 0.6 is 27.5 Å². The summed E-state index contributed by atoms with van der Waals surface area (Å²) in [6.07, 6.45) is 0. The molecule has 0 aliphatic carbocycles. The lowest BCUT2D eigenvalue weighted by molar-refractivity contribution is -0.120. The van der Waals surface area contributed by atoms with Gasteiger partial charge in [0.05, 0.1) is 11.6 Å². The third kappa shape index (κ3) is 4.68. The summed E-state index contributed by atoms with van der Waals surface area (Å²) < 4.78 is 11.8. The number of halogens is 2. The van der Waals surface area contributed by atoms with Gasteiger partial charge in [0.1, 0.15) is 13.2 Å². The number of carbonyl (C=O) groups is 2. The van der Waals surface area contributed by atoms with E-state index in [0.717, 1.165) is 10.0 Å². The molecule has 1 aliphatic heterocycles. The van der Waals surface area contributed by atoms with Gasteiger partial charge in [-0.25, -0.2) is 0 Å². The monoisotopic (exact) mass is 438 g/mol. The van der Waals surface area contributed by atoms with Crippen LogP contribution in [-0.4, -0.2) is 31.6 Å². The zero-order valence-corrected chi connectivity index (χ0v) is 16.0. The Hall–Kier alpha value is -2.25. The number of hydrogen-bond donors (Lipinski definition) is 2. The van der Waals surface area contributed by atoms with E-state index in [-0.39, 0.29) is 24.9 Å². The van der Waals surface area contributed by atoms with Gasteiger partial charge in [0, 0.05) is 16.6 Å². The molecule has 2 aromatic rings. The molecule has 8 heteroatoms. The van der Waals surface area contributed by atoms with Crippen LogP contribution in [-0.2, 0) is 11.3 Å². The first-order valence-corrected chi connectivity index (χ1v) is 9.08. The van der Waals surface area contributed by atoms with Crippen molar-refractivity contribution in [2.24, 2.45) is 0 Å². The molecular formula is C18H16BrClN2O4. The Morgan fingerprint density at radius 2 is 1.92 bits per heavy atom. The van der Waals surface area contributed by atoms with E-state index in [1.54, 1.807) is 30.3 Å². The lowest BCUT2D eigenvalue weighted by Gasteiger charge is -2.20. The first-order chi connectivity index (χ1) is 12.5. The zero-order valence-electron chi connectivity index (χ0n) is 13.7. The number of amides is 2. The molecule has 6 nitrogen and oxygen atoms in total. The van der Waals surface area contributed by atoms with Gasteiger partial charge in [-0.05, 0) is 35.9 Å². The second-order valence-corrected chi connectivity index (χ2v) is 6.89. The molecule has 0 radical (unpaired) electrons. The first kappa shape index (κ1) is 18.5. The van der Waals surface area contributed by atoms with Gasteiger partial charge in [0.15, 0.2) is 11.5 Å². The standard InChI is InChI=1S/C18H16BrClN2O4/c19-13-3-1-2-12(8-13)18(24)22-10-16(23)21-9-11-6-14(20)17-15(7-11)25-4-5-26-17/h1-3,6-8H,4-5,9-10H2,(H,21,23)(H,22,24). The summed E-state index contributed by atoms with van der Waals surface area (Å²) in [4.78, 5) is 24.0. The van der Waals surface area contributed by atoms with Crippen LogP contribution in [0.3, 0.4) is 0 Å². The van der Waals surface area contributed by atoms with Crippen molar-refractivity contribution in [3.05, 3.63) is 57.0 Å². The van der Waals surface area contributed by atoms with Crippen molar-refractivity contribution in [2.45, 2.75) is 6.54 Å². The van der Waals surface area contributed by atoms with Crippen molar-refractivity contribution >= 4 is 39.3 Å². The Morgan fingerprint density at radius 3 is 2.73 bits per heavy atom. The summed E-state index contributed by atoms with van der Waals surface area (Å²) in [6.45, 7) is 1.06. The molecule has 0 saturated heterocycles. The maximum atomic E-state index is 12.0. The summed E-state index contributed by atoms with van der Waals surface area (Å²) in [5.41, 5.74) is 1.26. The van der Waals surface area contributed by atoms with Crippen LogP contribution in [0.1, 0.15) is 15.9 Å². The fraction of sp³-hybridized carbons (Fsp3) is 0.222. The molecule has 0 aromatic heterocycles. The fourth-order valence-electron chi connectivity index (χ4n) is 2.42. The van der Waals surface area contributed by atoms with E-state index in [1.807, 2.05) is 6.07 Å². The quantitative estimate of drug-likeness (QED) is 0.751. The third-order valence-corrected chi connectivity index (χ3v) is 4.42. The summed E-state index contributed by atoms with van der Waals surface area (Å²) in [5.74, 6) is 0.466. The number of carbonyl (C=O) groups excluding carboxylic acids is 2. The molecule has 26 heavy (non-hydrogen) atoms. The molecule has 1 aliphatic rings. The van der Waals surface area contributed by atoms with Crippen LogP contribution in [0.2, 0.25) is 5.02 Å². The molecule has 2 amide bonds. The van der Waals surface area contributed by atoms with Crippen molar-refractivity contribution in [1.82, 2.24) is 10.6 Å². The second kappa shape index (κ2) is 8.42. The average Bonchev–Trinajstić information content (AvgIpc) is 2.64. The number of hydrogen-bond acceptors (Lipinski definition) is 4. The predicted octanol–water partition coefficient (Wildman–Crippen LogP) is 2.92. The number of nitrogens with one attached hydrogen (secondary N) is 2. The maximum absolute atomic E-state index is 12.0. The summed E-state index contributed by atoms with van der Waals surface area (Å²) >= 11 is 9.47. The van der Waals surface area contributed by atoms with Crippen LogP contribution < -0.4 is 20.1 Å². The molecule has 0 fully saturated rings. The normalized spacial score (nSPS) is 12.4. The van der Waals surface area contributed by atoms with Gasteiger partial charge in [-0.3, -0.25) is 9.59 Å². The van der Waals surface area contributed by atoms with Crippen molar-refractivity contribution in [1.29, 1.82) is 0 Å². The Labute approximate surface area is 163 Å². The minimum absolute atomic E-state index is 0.121. The highest BCUT2D eigenvalue weighted by molar-refractivity contribution is 9.10. The summed E-state index contributed by atoms with van der Waals surface area (Å²) in [5, 5.41) is 5.75. The highest BCUT2D eigenvalue weighted by Gasteiger charge is 2.17. The molecular weight excluding hydrogens is 424 g/mol. The highest BCUT2D eigenvalue weighted by Crippen LogP contribution is 2.38. The number of fused-ring (bicyclic) bond motifs is 1. The lowest BCUT2D eigenvalue weighted by atomic mass is 10.2. The van der Waals surface area contributed by atoms with E-state index in [9.17, 15) is 9.59 Å². The van der Waals surface area contributed by atoms with Crippen LogP contribution in [0.15, 0.2) is 40.9 Å². The Bertz CT molecular complexity index is 844. The van der Waals surface area contributed by atoms with Gasteiger partial charge in [0.2, 0.25) is 5.91 Å². The van der Waals surface area contributed by atoms with Gasteiger partial charge in [-0.15, -0.1) is 0 Å². The molecule has 0 unspecified atom stereocenters. The van der Waals surface area contributed by atoms with Crippen LogP contribution in [0.4, 0.5) is 0 Å². The van der Waals surface area contributed by atoms with Crippen molar-refractivity contribution in [3.63, 3.8) is 0 Å². The first-order valence-electron chi connectivity index (χ1n) is 7.91. The minimum Gasteiger partial charge on any atom is -0.486 e. The Morgan fingerprint density at radius 1 is 1.12 bits per heavy atom. The van der Waals surface area contributed by atoms with E-state index in [0.29, 0.717) is 35.3 Å². The average molecular weight is 440 g/mol. The molecule has 2 N–H and O–H groups in total. The maximum Gasteiger partial charge on any atom is 0.251 e. The molecule has 1 heterocycles. The second-order valence-electron chi connectivity index (χ2n) is 5.57. The molecule has 0 bridgehead atoms. The van der Waals surface area contributed by atoms with Gasteiger partial charge in [-0.2, -0.15) is 0 Å². The number of rotatable bonds is 5. The van der Waals surface area contributed by atoms with E-state index < -0.39 is 0 Å². The topological polar surface area (TPSA) is 76.7 Å². The smallest absolute Gasteiger partial charge is 0.251 e. The van der Waals surface area contributed by atoms with E-state index in [4.69, 9.17) is 21.1 Å². The molecule has 0 spiro atoms. The van der Waals surface area contributed by atoms with Crippen molar-refractivity contribution < 1.29 is 19.1 Å². The fourth-order valence-corrected chi connectivity index (χ4v) is 3.11. The summed E-state index contributed by atoms with van der Waals surface area (Å²) in [7, 11) is 0. The third-order valence-electron chi connectivity index (χ3n) is 3.64. The minimum atomic E-state index is -0.316. The van der Waals surface area contributed by atoms with Gasteiger partial charge in [0.25, 0.3) is 5.91 Å². The molecule has 0 saturated carbocycles. The van der Waals surface area contributed by atoms with Crippen molar-refractivity contribution in [3.8, 4) is 11.5 Å². The molecule has 3 rings (SSSR count).